The summed E-state index contributed by atoms with van der Waals surface area (Å²) in [5.74, 6) is 1.06. The van der Waals surface area contributed by atoms with Crippen molar-refractivity contribution in [2.75, 3.05) is 29.4 Å². The van der Waals surface area contributed by atoms with Crippen molar-refractivity contribution < 1.29 is 42.7 Å². The van der Waals surface area contributed by atoms with E-state index in [0.29, 0.717) is 46.1 Å². The largest absolute Gasteiger partial charge is 0.371 e. The van der Waals surface area contributed by atoms with Gasteiger partial charge in [-0.25, -0.2) is 9.97 Å². The third-order valence-electron chi connectivity index (χ3n) is 13.1. The molecule has 1 atom stereocenters. The zero-order valence-electron chi connectivity index (χ0n) is 38.0. The van der Waals surface area contributed by atoms with Crippen LogP contribution in [0.25, 0.3) is 20.4 Å². The van der Waals surface area contributed by atoms with Gasteiger partial charge in [0.15, 0.2) is 0 Å². The number of hydrogen-bond acceptors (Lipinski definition) is 14. The number of thiazole rings is 2. The number of aromatic nitrogens is 2. The summed E-state index contributed by atoms with van der Waals surface area (Å²) < 4.78 is 72.1. The minimum absolute atomic E-state index is 0. The number of anilines is 2. The van der Waals surface area contributed by atoms with Gasteiger partial charge in [0.05, 0.1) is 20.4 Å². The van der Waals surface area contributed by atoms with Crippen LogP contribution >= 0.6 is 22.7 Å². The van der Waals surface area contributed by atoms with Gasteiger partial charge in [-0.3, -0.25) is 9.11 Å². The van der Waals surface area contributed by atoms with Crippen molar-refractivity contribution in [2.45, 2.75) is 126 Å². The van der Waals surface area contributed by atoms with E-state index in [1.165, 1.54) is 33.8 Å². The molecule has 0 saturated heterocycles. The Bertz CT molecular complexity index is 3160. The molecule has 2 aromatic heterocycles. The van der Waals surface area contributed by atoms with Gasteiger partial charge in [-0.2, -0.15) is 16.8 Å². The van der Waals surface area contributed by atoms with E-state index in [2.05, 4.69) is 113 Å². The van der Waals surface area contributed by atoms with Gasteiger partial charge in [-0.05, 0) is 146 Å². The number of azo groups is 2. The first-order valence-corrected chi connectivity index (χ1v) is 26.8. The average molecular weight is 1010 g/mol. The van der Waals surface area contributed by atoms with Crippen LogP contribution in [0.5, 0.6) is 0 Å². The van der Waals surface area contributed by atoms with E-state index in [9.17, 15) is 25.9 Å². The predicted molar refractivity (Wildman–Crippen MR) is 260 cm³/mol. The van der Waals surface area contributed by atoms with Gasteiger partial charge in [0.2, 0.25) is 10.3 Å². The van der Waals surface area contributed by atoms with E-state index < -0.39 is 20.2 Å². The third kappa shape index (κ3) is 9.33. The maximum absolute atomic E-state index is 12.6. The molecule has 0 amide bonds. The van der Waals surface area contributed by atoms with Crippen molar-refractivity contribution in [1.29, 1.82) is 0 Å². The molecule has 0 spiro atoms. The van der Waals surface area contributed by atoms with Crippen LogP contribution in [0, 0.1) is 0 Å². The molecular weight excluding hydrogens is 960 g/mol. The van der Waals surface area contributed by atoms with Crippen molar-refractivity contribution in [2.24, 2.45) is 20.5 Å². The summed E-state index contributed by atoms with van der Waals surface area (Å²) >= 11 is 2.84. The van der Waals surface area contributed by atoms with Crippen molar-refractivity contribution in [3.05, 3.63) is 81.9 Å². The Hall–Kier alpha value is -4.21. The van der Waals surface area contributed by atoms with Gasteiger partial charge in [-0.1, -0.05) is 69.4 Å². The van der Waals surface area contributed by atoms with E-state index in [1.807, 2.05) is 12.1 Å². The summed E-state index contributed by atoms with van der Waals surface area (Å²) in [6.45, 7) is 17.8. The fourth-order valence-electron chi connectivity index (χ4n) is 10.1. The van der Waals surface area contributed by atoms with Crippen molar-refractivity contribution >= 4 is 96.4 Å². The smallest absolute Gasteiger partial charge is 0.297 e. The van der Waals surface area contributed by atoms with Crippen molar-refractivity contribution in [1.82, 2.24) is 9.97 Å². The SMILES string of the molecule is CC(C)c1ccc2nc(N=Nc3cc4c5c(c3S(=O)(=O)O)CCCN5C(C)(C)CC4C)sc2c1.CC(C)c1ccc2nc(N=Nc3cc4c5c(c3S(=O)(=O)O)CCCN5CCC4)sc2c1.[Co]. The van der Waals surface area contributed by atoms with Crippen LogP contribution in [0.2, 0.25) is 0 Å². The maximum atomic E-state index is 12.6. The number of fused-ring (bicyclic) bond motifs is 2. The molecule has 6 aromatic rings. The maximum Gasteiger partial charge on any atom is 0.297 e. The molecule has 4 aromatic carbocycles. The van der Waals surface area contributed by atoms with Gasteiger partial charge in [0.1, 0.15) is 21.2 Å². The molecule has 4 aliphatic heterocycles. The second kappa shape index (κ2) is 18.4. The molecule has 1 radical (unpaired) electrons. The summed E-state index contributed by atoms with van der Waals surface area (Å²) in [5, 5.41) is 18.1. The molecule has 351 valence electrons. The predicted octanol–water partition coefficient (Wildman–Crippen LogP) is 12.9. The molecule has 14 nitrogen and oxygen atoms in total. The van der Waals surface area contributed by atoms with E-state index >= 15 is 0 Å². The first-order valence-electron chi connectivity index (χ1n) is 22.3. The van der Waals surface area contributed by atoms with Crippen LogP contribution in [0.3, 0.4) is 0 Å². The molecule has 6 heterocycles. The Morgan fingerprint density at radius 2 is 1.17 bits per heavy atom. The molecule has 0 fully saturated rings. The number of hydrogen-bond donors (Lipinski definition) is 2. The monoisotopic (exact) mass is 1010 g/mol. The quantitative estimate of drug-likeness (QED) is 0.110. The topological polar surface area (TPSA) is 190 Å². The van der Waals surface area contributed by atoms with Crippen molar-refractivity contribution in [3.63, 3.8) is 0 Å². The molecule has 2 N–H and O–H groups in total. The Balaban J connectivity index is 0.000000177. The molecule has 19 heteroatoms. The fraction of sp³-hybridized carbons (Fsp3) is 0.447. The molecule has 0 bridgehead atoms. The summed E-state index contributed by atoms with van der Waals surface area (Å²) in [4.78, 5) is 13.4. The van der Waals surface area contributed by atoms with Crippen LogP contribution in [-0.2, 0) is 56.3 Å². The average Bonchev–Trinajstić information content (AvgIpc) is 3.86. The minimum Gasteiger partial charge on any atom is -0.371 e. The van der Waals surface area contributed by atoms with Gasteiger partial charge >= 0.3 is 0 Å². The van der Waals surface area contributed by atoms with E-state index in [1.54, 1.807) is 12.1 Å². The standard InChI is InChI=1S/C25H30N4O3S2.C22H24N4O3S2.Co/c1-14(2)16-8-9-19-21(11-16)33-24(26-19)28-27-20-12-18-15(3)13-25(4,5)29-10-6-7-17(22(18)29)23(20)34(30,31)32;1-13(2)14-7-8-17-19(12-14)30-22(23-17)25-24-18-11-15-5-3-9-26-10-4-6-16(20(15)26)21(18)31(27,28)29;/h8-9,11-12,14-15H,6-7,10,13H2,1-5H3,(H,30,31,32);7-8,11-13H,3-6,9-10H2,1-2H3,(H,27,28,29);. The van der Waals surface area contributed by atoms with E-state index in [0.717, 1.165) is 94.7 Å². The summed E-state index contributed by atoms with van der Waals surface area (Å²) in [6, 6.07) is 15.9. The molecule has 1 unspecified atom stereocenters. The Kier molecular flexibility index (Phi) is 13.4. The molecule has 66 heavy (non-hydrogen) atoms. The summed E-state index contributed by atoms with van der Waals surface area (Å²) in [5.41, 5.74) is 9.82. The second-order valence-corrected chi connectivity index (χ2v) is 23.6. The Labute approximate surface area is 404 Å². The molecule has 10 rings (SSSR count). The molecule has 0 saturated carbocycles. The van der Waals surface area contributed by atoms with Crippen LogP contribution in [0.15, 0.2) is 78.8 Å². The second-order valence-electron chi connectivity index (χ2n) is 18.8. The van der Waals surface area contributed by atoms with Crippen LogP contribution in [0.4, 0.5) is 33.0 Å². The van der Waals surface area contributed by atoms with Crippen molar-refractivity contribution in [3.8, 4) is 0 Å². The number of aryl methyl sites for hydroxylation is 1. The number of benzene rings is 4. The molecular formula is C47H54CoN8O6S4. The summed E-state index contributed by atoms with van der Waals surface area (Å²) in [7, 11) is -8.94. The van der Waals surface area contributed by atoms with Gasteiger partial charge in [0, 0.05) is 53.3 Å². The molecule has 0 aliphatic carbocycles. The number of rotatable bonds is 8. The normalized spacial score (nSPS) is 18.0. The van der Waals surface area contributed by atoms with Crippen LogP contribution in [-0.4, -0.2) is 61.1 Å². The molecule has 4 aliphatic rings. The number of nitrogens with zero attached hydrogens (tertiary/aromatic N) is 8. The first-order chi connectivity index (χ1) is 30.8. The van der Waals surface area contributed by atoms with E-state index in [-0.39, 0.29) is 49.4 Å². The van der Waals surface area contributed by atoms with Gasteiger partial charge < -0.3 is 9.80 Å². The van der Waals surface area contributed by atoms with Gasteiger partial charge in [-0.15, -0.1) is 20.5 Å². The zero-order chi connectivity index (χ0) is 46.2. The fourth-order valence-corrected chi connectivity index (χ4v) is 13.6. The van der Waals surface area contributed by atoms with Crippen LogP contribution in [0.1, 0.15) is 125 Å². The zero-order valence-corrected chi connectivity index (χ0v) is 42.3. The van der Waals surface area contributed by atoms with E-state index in [4.69, 9.17) is 0 Å². The Morgan fingerprint density at radius 1 is 0.682 bits per heavy atom. The Morgan fingerprint density at radius 3 is 1.68 bits per heavy atom. The van der Waals surface area contributed by atoms with Gasteiger partial charge in [0.25, 0.3) is 20.2 Å². The first kappa shape index (κ1) is 48.3. The minimum atomic E-state index is -4.50. The van der Waals surface area contributed by atoms with Crippen LogP contribution < -0.4 is 9.80 Å². The third-order valence-corrected chi connectivity index (χ3v) is 16.8. The summed E-state index contributed by atoms with van der Waals surface area (Å²) in [6.07, 6.45) is 5.71.